The molecule has 0 aromatic rings. The fourth-order valence-electron chi connectivity index (χ4n) is 3.24. The van der Waals surface area contributed by atoms with E-state index in [1.165, 1.54) is 32.1 Å². The van der Waals surface area contributed by atoms with Gasteiger partial charge in [-0.05, 0) is 19.9 Å². The second-order valence-corrected chi connectivity index (χ2v) is 7.37. The Morgan fingerprint density at radius 2 is 2.05 bits per heavy atom. The van der Waals surface area contributed by atoms with Gasteiger partial charge < -0.3 is 10.2 Å². The van der Waals surface area contributed by atoms with Gasteiger partial charge in [-0.2, -0.15) is 11.8 Å². The molecule has 2 aliphatic rings. The number of nitrogens with one attached hydrogen (secondary N) is 1. The Kier molecular flexibility index (Phi) is 6.98. The molecule has 3 nitrogen and oxygen atoms in total. The molecule has 1 saturated heterocycles. The summed E-state index contributed by atoms with van der Waals surface area (Å²) in [5, 5.41) is 3.11. The van der Waals surface area contributed by atoms with Crippen LogP contribution in [0.3, 0.4) is 0 Å². The second kappa shape index (κ2) is 7.75. The highest BCUT2D eigenvalue weighted by Crippen LogP contribution is 2.42. The fraction of sp³-hybridized carbons (Fsp3) is 0.929. The van der Waals surface area contributed by atoms with Crippen LogP contribution in [0.5, 0.6) is 0 Å². The lowest BCUT2D eigenvalue weighted by atomic mass is 9.87. The van der Waals surface area contributed by atoms with Gasteiger partial charge in [0, 0.05) is 36.1 Å². The number of carbonyl (C=O) groups is 1. The van der Waals surface area contributed by atoms with Crippen LogP contribution in [0, 0.1) is 5.92 Å². The van der Waals surface area contributed by atoms with Gasteiger partial charge in [-0.25, -0.2) is 0 Å². The van der Waals surface area contributed by atoms with Crippen LogP contribution in [0.2, 0.25) is 0 Å². The van der Waals surface area contributed by atoms with Gasteiger partial charge in [0.05, 0.1) is 0 Å². The maximum absolute atomic E-state index is 12.4. The number of nitrogens with zero attached hydrogens (tertiary/aromatic N) is 1. The molecule has 1 amide bonds. The van der Waals surface area contributed by atoms with Gasteiger partial charge >= 0.3 is 0 Å². The minimum absolute atomic E-state index is 0. The molecule has 2 fully saturated rings. The number of carbonyl (C=O) groups excluding carboxylic acids is 1. The quantitative estimate of drug-likeness (QED) is 0.870. The van der Waals surface area contributed by atoms with Crippen molar-refractivity contribution in [1.29, 1.82) is 0 Å². The maximum atomic E-state index is 12.4. The van der Waals surface area contributed by atoms with Crippen molar-refractivity contribution in [2.45, 2.75) is 43.8 Å². The molecule has 0 bridgehead atoms. The monoisotopic (exact) mass is 306 g/mol. The van der Waals surface area contributed by atoms with Crippen molar-refractivity contribution >= 4 is 30.1 Å². The topological polar surface area (TPSA) is 32.3 Å². The average Bonchev–Trinajstić information content (AvgIpc) is 2.39. The summed E-state index contributed by atoms with van der Waals surface area (Å²) in [4.78, 5) is 14.5. The van der Waals surface area contributed by atoms with Gasteiger partial charge in [0.1, 0.15) is 0 Å². The molecule has 1 spiro atoms. The SMILES string of the molecule is CNCC(C)C(=O)N1CCSC2(CCCCC2)C1.Cl. The first kappa shape index (κ1) is 17.1. The van der Waals surface area contributed by atoms with Gasteiger partial charge in [0.15, 0.2) is 0 Å². The van der Waals surface area contributed by atoms with Crippen LogP contribution in [-0.2, 0) is 4.79 Å². The fourth-order valence-corrected chi connectivity index (χ4v) is 4.81. The highest BCUT2D eigenvalue weighted by atomic mass is 35.5. The molecule has 1 saturated carbocycles. The lowest BCUT2D eigenvalue weighted by Crippen LogP contribution is -2.51. The summed E-state index contributed by atoms with van der Waals surface area (Å²) in [5.74, 6) is 1.58. The van der Waals surface area contributed by atoms with Crippen molar-refractivity contribution in [2.75, 3.05) is 32.4 Å². The van der Waals surface area contributed by atoms with Crippen molar-refractivity contribution < 1.29 is 4.79 Å². The Labute approximate surface area is 127 Å². The summed E-state index contributed by atoms with van der Waals surface area (Å²) < 4.78 is 0.394. The zero-order valence-corrected chi connectivity index (χ0v) is 13.7. The highest BCUT2D eigenvalue weighted by molar-refractivity contribution is 8.00. The van der Waals surface area contributed by atoms with E-state index in [0.29, 0.717) is 10.7 Å². The predicted octanol–water partition coefficient (Wildman–Crippen LogP) is 2.54. The van der Waals surface area contributed by atoms with Crippen LogP contribution >= 0.6 is 24.2 Å². The molecule has 1 unspecified atom stereocenters. The first-order chi connectivity index (χ1) is 8.67. The molecule has 0 aromatic heterocycles. The standard InChI is InChI=1S/C14H26N2OS.ClH/c1-12(10-15-2)13(17)16-8-9-18-14(11-16)6-4-3-5-7-14;/h12,15H,3-11H2,1-2H3;1H. The predicted molar refractivity (Wildman–Crippen MR) is 85.2 cm³/mol. The molecule has 112 valence electrons. The van der Waals surface area contributed by atoms with Gasteiger partial charge in [-0.15, -0.1) is 12.4 Å². The third kappa shape index (κ3) is 4.27. The summed E-state index contributed by atoms with van der Waals surface area (Å²) in [7, 11) is 1.92. The maximum Gasteiger partial charge on any atom is 0.226 e. The molecule has 5 heteroatoms. The Balaban J connectivity index is 0.00000180. The first-order valence-corrected chi connectivity index (χ1v) is 8.23. The van der Waals surface area contributed by atoms with Crippen LogP contribution in [0.25, 0.3) is 0 Å². The molecule has 1 atom stereocenters. The van der Waals surface area contributed by atoms with Gasteiger partial charge in [0.2, 0.25) is 5.91 Å². The Morgan fingerprint density at radius 3 is 2.68 bits per heavy atom. The average molecular weight is 307 g/mol. The van der Waals surface area contributed by atoms with E-state index in [1.54, 1.807) is 0 Å². The van der Waals surface area contributed by atoms with Crippen molar-refractivity contribution in [2.24, 2.45) is 5.92 Å². The van der Waals surface area contributed by atoms with Crippen LogP contribution in [0.4, 0.5) is 0 Å². The van der Waals surface area contributed by atoms with Crippen LogP contribution in [0.1, 0.15) is 39.0 Å². The lowest BCUT2D eigenvalue weighted by Gasteiger charge is -2.45. The molecule has 1 aliphatic carbocycles. The first-order valence-electron chi connectivity index (χ1n) is 7.24. The third-order valence-electron chi connectivity index (χ3n) is 4.26. The zero-order chi connectivity index (χ0) is 13.0. The van der Waals surface area contributed by atoms with Crippen LogP contribution < -0.4 is 5.32 Å². The largest absolute Gasteiger partial charge is 0.340 e. The van der Waals surface area contributed by atoms with Gasteiger partial charge in [-0.1, -0.05) is 26.2 Å². The van der Waals surface area contributed by atoms with Gasteiger partial charge in [-0.3, -0.25) is 4.79 Å². The molecule has 19 heavy (non-hydrogen) atoms. The normalized spacial score (nSPS) is 23.8. The van der Waals surface area contributed by atoms with E-state index in [2.05, 4.69) is 22.0 Å². The number of hydrogen-bond donors (Lipinski definition) is 1. The Morgan fingerprint density at radius 1 is 1.37 bits per heavy atom. The van der Waals surface area contributed by atoms with Gasteiger partial charge in [0.25, 0.3) is 0 Å². The number of halogens is 1. The number of thioether (sulfide) groups is 1. The van der Waals surface area contributed by atoms with E-state index >= 15 is 0 Å². The summed E-state index contributed by atoms with van der Waals surface area (Å²) in [6.45, 7) is 4.76. The van der Waals surface area contributed by atoms with E-state index < -0.39 is 0 Å². The molecule has 0 radical (unpaired) electrons. The van der Waals surface area contributed by atoms with Crippen molar-refractivity contribution in [3.63, 3.8) is 0 Å². The summed E-state index contributed by atoms with van der Waals surface area (Å²) >= 11 is 2.12. The summed E-state index contributed by atoms with van der Waals surface area (Å²) in [6.07, 6.45) is 6.69. The number of amides is 1. The van der Waals surface area contributed by atoms with E-state index in [1.807, 2.05) is 14.0 Å². The third-order valence-corrected chi connectivity index (χ3v) is 5.79. The lowest BCUT2D eigenvalue weighted by molar-refractivity contribution is -0.135. The van der Waals surface area contributed by atoms with Crippen molar-refractivity contribution in [3.8, 4) is 0 Å². The number of rotatable bonds is 3. The molecule has 1 heterocycles. The molecular formula is C14H27ClN2OS. The molecule has 2 rings (SSSR count). The Bertz CT molecular complexity index is 290. The molecular weight excluding hydrogens is 280 g/mol. The van der Waals surface area contributed by atoms with Crippen molar-refractivity contribution in [3.05, 3.63) is 0 Å². The van der Waals surface area contributed by atoms with Crippen molar-refractivity contribution in [1.82, 2.24) is 10.2 Å². The minimum atomic E-state index is 0. The second-order valence-electron chi connectivity index (χ2n) is 5.81. The molecule has 0 aromatic carbocycles. The Hall–Kier alpha value is 0.0700. The van der Waals surface area contributed by atoms with Crippen LogP contribution in [0.15, 0.2) is 0 Å². The minimum Gasteiger partial charge on any atom is -0.340 e. The number of hydrogen-bond acceptors (Lipinski definition) is 3. The van der Waals surface area contributed by atoms with E-state index in [0.717, 1.165) is 25.4 Å². The highest BCUT2D eigenvalue weighted by Gasteiger charge is 2.39. The van der Waals surface area contributed by atoms with E-state index in [9.17, 15) is 4.79 Å². The smallest absolute Gasteiger partial charge is 0.226 e. The summed E-state index contributed by atoms with van der Waals surface area (Å²) in [5.41, 5.74) is 0. The summed E-state index contributed by atoms with van der Waals surface area (Å²) in [6, 6.07) is 0. The van der Waals surface area contributed by atoms with E-state index in [-0.39, 0.29) is 18.3 Å². The molecule has 1 N–H and O–H groups in total. The molecule has 1 aliphatic heterocycles. The van der Waals surface area contributed by atoms with E-state index in [4.69, 9.17) is 0 Å². The zero-order valence-electron chi connectivity index (χ0n) is 12.1. The van der Waals surface area contributed by atoms with Crippen LogP contribution in [-0.4, -0.2) is 48.0 Å².